The number of benzene rings is 4. The number of rotatable bonds is 8. The van der Waals surface area contributed by atoms with Crippen LogP contribution in [-0.2, 0) is 20.0 Å². The maximum absolute atomic E-state index is 12.9. The van der Waals surface area contributed by atoms with Crippen molar-refractivity contribution in [2.75, 3.05) is 62.2 Å². The van der Waals surface area contributed by atoms with Gasteiger partial charge in [-0.25, -0.2) is 26.8 Å². The van der Waals surface area contributed by atoms with Crippen LogP contribution < -0.4 is 9.80 Å². The minimum absolute atomic E-state index is 0.168. The topological polar surface area (TPSA) is 107 Å². The zero-order chi connectivity index (χ0) is 41.2. The quantitative estimate of drug-likeness (QED) is 0.149. The molecule has 4 heterocycles. The molecule has 304 valence electrons. The largest absolute Gasteiger partial charge is 0.345 e. The Bertz CT molecular complexity index is 2500. The van der Waals surface area contributed by atoms with Gasteiger partial charge in [0.05, 0.1) is 21.4 Å². The second-order valence-electron chi connectivity index (χ2n) is 14.2. The maximum atomic E-state index is 12.9. The number of halogens is 2. The highest BCUT2D eigenvalue weighted by Crippen LogP contribution is 2.34. The summed E-state index contributed by atoms with van der Waals surface area (Å²) in [6, 6.07) is 25.8. The second kappa shape index (κ2) is 17.8. The number of hydrogen-bond donors (Lipinski definition) is 0. The normalized spacial score (nSPS) is 15.6. The zero-order valence-electron chi connectivity index (χ0n) is 32.6. The fraction of sp³-hybridized carbons (Fsp3) is 0.286. The van der Waals surface area contributed by atoms with Crippen LogP contribution in [0.5, 0.6) is 0 Å². The van der Waals surface area contributed by atoms with Crippen LogP contribution in [0.25, 0.3) is 22.5 Å². The Balaban J connectivity index is 0.000000177. The molecular formula is C42H44Cl2N6O4S4. The molecule has 6 aromatic rings. The minimum atomic E-state index is -3.59. The van der Waals surface area contributed by atoms with Crippen molar-refractivity contribution in [3.63, 3.8) is 0 Å². The van der Waals surface area contributed by atoms with Crippen molar-refractivity contribution in [3.8, 4) is 22.5 Å². The van der Waals surface area contributed by atoms with Gasteiger partial charge in [-0.15, -0.1) is 22.7 Å². The van der Waals surface area contributed by atoms with Crippen molar-refractivity contribution < 1.29 is 16.8 Å². The lowest BCUT2D eigenvalue weighted by Gasteiger charge is -2.33. The van der Waals surface area contributed by atoms with Gasteiger partial charge in [0.1, 0.15) is 9.79 Å². The predicted octanol–water partition coefficient (Wildman–Crippen LogP) is 9.18. The summed E-state index contributed by atoms with van der Waals surface area (Å²) in [5.74, 6) is 0. The van der Waals surface area contributed by atoms with E-state index < -0.39 is 20.0 Å². The van der Waals surface area contributed by atoms with Crippen molar-refractivity contribution in [3.05, 3.63) is 128 Å². The molecule has 0 aliphatic carbocycles. The van der Waals surface area contributed by atoms with Gasteiger partial charge in [0.2, 0.25) is 20.0 Å². The third-order valence-corrected chi connectivity index (χ3v) is 17.1. The molecule has 2 aliphatic heterocycles. The van der Waals surface area contributed by atoms with Gasteiger partial charge < -0.3 is 9.80 Å². The van der Waals surface area contributed by atoms with Gasteiger partial charge in [-0.1, -0.05) is 83.4 Å². The molecule has 0 radical (unpaired) electrons. The van der Waals surface area contributed by atoms with Crippen LogP contribution in [0.4, 0.5) is 10.3 Å². The maximum Gasteiger partial charge on any atom is 0.244 e. The van der Waals surface area contributed by atoms with E-state index in [0.717, 1.165) is 32.8 Å². The number of anilines is 2. The number of sulfonamides is 2. The fourth-order valence-corrected chi connectivity index (χ4v) is 12.5. The first-order valence-electron chi connectivity index (χ1n) is 18.8. The molecule has 10 nitrogen and oxygen atoms in total. The highest BCUT2D eigenvalue weighted by atomic mass is 35.5. The van der Waals surface area contributed by atoms with Crippen molar-refractivity contribution in [2.45, 2.75) is 37.5 Å². The Morgan fingerprint density at radius 2 is 1.00 bits per heavy atom. The van der Waals surface area contributed by atoms with Crippen LogP contribution in [0.3, 0.4) is 0 Å². The molecule has 2 saturated heterocycles. The van der Waals surface area contributed by atoms with E-state index in [4.69, 9.17) is 33.2 Å². The summed E-state index contributed by atoms with van der Waals surface area (Å²) < 4.78 is 54.7. The lowest BCUT2D eigenvalue weighted by atomic mass is 10.0. The average molecular weight is 896 g/mol. The average Bonchev–Trinajstić information content (AvgIpc) is 3.92. The van der Waals surface area contributed by atoms with E-state index in [1.807, 2.05) is 0 Å². The molecule has 0 bridgehead atoms. The molecule has 58 heavy (non-hydrogen) atoms. The highest BCUT2D eigenvalue weighted by Gasteiger charge is 2.32. The smallest absolute Gasteiger partial charge is 0.244 e. The standard InChI is InChI=1S/2C21H22ClN3O2S2/c1-15-6-5-7-17(16(15)2)19-14-28-21(23-19)24-10-12-25(13-11-24)29(26,27)20-9-4-3-8-18(20)22;1-15-7-8-16(2)17(13-15)19-14-28-21(23-19)24-9-11-25(12-10-24)29(26,27)20-6-4-3-5-18(20)22/h3-9,14H,10-13H2,1-2H3;3-8,13-14H,9-12H2,1-2H3. The van der Waals surface area contributed by atoms with E-state index in [9.17, 15) is 16.8 Å². The first-order valence-corrected chi connectivity index (χ1v) is 24.2. The fourth-order valence-electron chi connectivity index (χ4n) is 6.93. The molecule has 0 unspecified atom stereocenters. The predicted molar refractivity (Wildman–Crippen MR) is 239 cm³/mol. The molecule has 0 amide bonds. The molecule has 2 aliphatic rings. The summed E-state index contributed by atoms with van der Waals surface area (Å²) in [4.78, 5) is 14.3. The summed E-state index contributed by atoms with van der Waals surface area (Å²) in [6.45, 7) is 12.4. The summed E-state index contributed by atoms with van der Waals surface area (Å²) in [7, 11) is -7.18. The lowest BCUT2D eigenvalue weighted by molar-refractivity contribution is 0.384. The SMILES string of the molecule is Cc1ccc(C)c(-c2csc(N3CCN(S(=O)(=O)c4ccccc4Cl)CC3)n2)c1.Cc1cccc(-c2csc(N3CCN(S(=O)(=O)c4ccccc4Cl)CC3)n2)c1C. The van der Waals surface area contributed by atoms with Crippen molar-refractivity contribution in [1.29, 1.82) is 0 Å². The number of aryl methyl sites for hydroxylation is 3. The second-order valence-corrected chi connectivity index (χ2v) is 20.5. The van der Waals surface area contributed by atoms with Gasteiger partial charge in [0.25, 0.3) is 0 Å². The molecule has 2 fully saturated rings. The first-order chi connectivity index (χ1) is 27.7. The Hall–Kier alpha value is -3.86. The van der Waals surface area contributed by atoms with Crippen LogP contribution in [0.1, 0.15) is 22.3 Å². The van der Waals surface area contributed by atoms with Crippen LogP contribution in [-0.4, -0.2) is 87.8 Å². The van der Waals surface area contributed by atoms with E-state index in [1.54, 1.807) is 71.2 Å². The van der Waals surface area contributed by atoms with Crippen LogP contribution >= 0.6 is 45.9 Å². The Morgan fingerprint density at radius 1 is 0.534 bits per heavy atom. The van der Waals surface area contributed by atoms with Gasteiger partial charge in [-0.3, -0.25) is 0 Å². The van der Waals surface area contributed by atoms with Gasteiger partial charge in [0, 0.05) is 74.2 Å². The molecule has 0 atom stereocenters. The number of thiazole rings is 2. The van der Waals surface area contributed by atoms with Gasteiger partial charge >= 0.3 is 0 Å². The van der Waals surface area contributed by atoms with Crippen LogP contribution in [0, 0.1) is 27.7 Å². The van der Waals surface area contributed by atoms with Gasteiger partial charge in [-0.2, -0.15) is 8.61 Å². The Labute approximate surface area is 359 Å². The highest BCUT2D eigenvalue weighted by molar-refractivity contribution is 7.89. The molecule has 16 heteroatoms. The van der Waals surface area contributed by atoms with E-state index in [1.165, 1.54) is 30.9 Å². The van der Waals surface area contributed by atoms with Crippen molar-refractivity contribution >= 4 is 76.2 Å². The van der Waals surface area contributed by atoms with Crippen molar-refractivity contribution in [2.24, 2.45) is 0 Å². The summed E-state index contributed by atoms with van der Waals surface area (Å²) in [5.41, 5.74) is 9.12. The minimum Gasteiger partial charge on any atom is -0.345 e. The van der Waals surface area contributed by atoms with E-state index in [-0.39, 0.29) is 19.8 Å². The monoisotopic (exact) mass is 894 g/mol. The van der Waals surface area contributed by atoms with E-state index >= 15 is 0 Å². The summed E-state index contributed by atoms with van der Waals surface area (Å²) in [6.07, 6.45) is 0. The van der Waals surface area contributed by atoms with E-state index in [0.29, 0.717) is 52.4 Å². The molecule has 2 aromatic heterocycles. The number of aromatic nitrogens is 2. The Kier molecular flexibility index (Phi) is 13.0. The van der Waals surface area contributed by atoms with Gasteiger partial charge in [-0.05, 0) is 74.7 Å². The molecule has 0 N–H and O–H groups in total. The molecule has 0 spiro atoms. The number of hydrogen-bond acceptors (Lipinski definition) is 10. The molecular weight excluding hydrogens is 852 g/mol. The third kappa shape index (κ3) is 8.99. The number of nitrogens with zero attached hydrogens (tertiary/aromatic N) is 6. The molecule has 4 aromatic carbocycles. The van der Waals surface area contributed by atoms with Crippen LogP contribution in [0.15, 0.2) is 105 Å². The Morgan fingerprint density at radius 3 is 1.48 bits per heavy atom. The molecule has 8 rings (SSSR count). The summed E-state index contributed by atoms with van der Waals surface area (Å²) in [5, 5.41) is 6.51. The zero-order valence-corrected chi connectivity index (χ0v) is 37.4. The summed E-state index contributed by atoms with van der Waals surface area (Å²) >= 11 is 15.4. The third-order valence-electron chi connectivity index (χ3n) is 10.5. The van der Waals surface area contributed by atoms with Crippen molar-refractivity contribution in [1.82, 2.24) is 18.6 Å². The number of piperazine rings is 2. The van der Waals surface area contributed by atoms with E-state index in [2.05, 4.69) is 84.7 Å². The molecule has 0 saturated carbocycles. The van der Waals surface area contributed by atoms with Gasteiger partial charge in [0.15, 0.2) is 10.3 Å². The lowest BCUT2D eigenvalue weighted by Crippen LogP contribution is -2.48. The first kappa shape index (κ1) is 42.3. The van der Waals surface area contributed by atoms with Crippen LogP contribution in [0.2, 0.25) is 10.0 Å².